The number of thiophene rings is 1. The molecular formula is C13H7Br2ClOS. The second-order valence-corrected chi connectivity index (χ2v) is 6.71. The van der Waals surface area contributed by atoms with Crippen LogP contribution in [0.15, 0.2) is 49.5 Å². The maximum atomic E-state index is 6.55. The van der Waals surface area contributed by atoms with Gasteiger partial charge in [0.05, 0.1) is 11.6 Å². The number of rotatable bonds is 2. The van der Waals surface area contributed by atoms with Crippen LogP contribution in [0.5, 0.6) is 0 Å². The fourth-order valence-electron chi connectivity index (χ4n) is 1.89. The zero-order valence-electron chi connectivity index (χ0n) is 8.99. The van der Waals surface area contributed by atoms with E-state index >= 15 is 0 Å². The van der Waals surface area contributed by atoms with E-state index in [1.54, 1.807) is 17.6 Å². The van der Waals surface area contributed by atoms with E-state index in [2.05, 4.69) is 43.3 Å². The molecule has 0 amide bonds. The predicted octanol–water partition coefficient (Wildman–Crippen LogP) is 6.35. The third-order valence-electron chi connectivity index (χ3n) is 2.77. The van der Waals surface area contributed by atoms with Gasteiger partial charge in [-0.05, 0) is 60.3 Å². The number of fused-ring (bicyclic) bond motifs is 1. The highest BCUT2D eigenvalue weighted by Crippen LogP contribution is 2.41. The summed E-state index contributed by atoms with van der Waals surface area (Å²) in [5.74, 6) is 0. The van der Waals surface area contributed by atoms with Gasteiger partial charge in [-0.15, -0.1) is 22.9 Å². The van der Waals surface area contributed by atoms with Gasteiger partial charge >= 0.3 is 0 Å². The molecule has 0 radical (unpaired) electrons. The van der Waals surface area contributed by atoms with E-state index in [1.165, 1.54) is 10.1 Å². The van der Waals surface area contributed by atoms with Gasteiger partial charge in [0.25, 0.3) is 0 Å². The fourth-order valence-corrected chi connectivity index (χ4v) is 4.57. The van der Waals surface area contributed by atoms with Gasteiger partial charge in [0.2, 0.25) is 0 Å². The lowest BCUT2D eigenvalue weighted by molar-refractivity contribution is 0.537. The minimum absolute atomic E-state index is 0.207. The first kappa shape index (κ1) is 12.7. The van der Waals surface area contributed by atoms with Crippen molar-refractivity contribution in [2.24, 2.45) is 0 Å². The van der Waals surface area contributed by atoms with Crippen LogP contribution in [0, 0.1) is 0 Å². The first-order chi connectivity index (χ1) is 8.68. The molecule has 0 saturated carbocycles. The lowest BCUT2D eigenvalue weighted by Crippen LogP contribution is -1.90. The minimum atomic E-state index is -0.207. The Bertz CT molecular complexity index is 704. The number of benzene rings is 1. The molecule has 0 saturated heterocycles. The zero-order chi connectivity index (χ0) is 12.7. The lowest BCUT2D eigenvalue weighted by Gasteiger charge is -2.07. The van der Waals surface area contributed by atoms with Crippen LogP contribution < -0.4 is 0 Å². The summed E-state index contributed by atoms with van der Waals surface area (Å²) in [7, 11) is 0. The van der Waals surface area contributed by atoms with Gasteiger partial charge in [-0.3, -0.25) is 0 Å². The van der Waals surface area contributed by atoms with Crippen molar-refractivity contribution in [1.29, 1.82) is 0 Å². The Morgan fingerprint density at radius 1 is 1.17 bits per heavy atom. The normalized spacial score (nSPS) is 13.1. The number of hydrogen-bond acceptors (Lipinski definition) is 2. The first-order valence-corrected chi connectivity index (χ1v) is 8.11. The summed E-state index contributed by atoms with van der Waals surface area (Å²) in [4.78, 5) is 0. The SMILES string of the molecule is ClC(c1ccoc1Br)c1csc2c(Br)cccc12. The van der Waals surface area contributed by atoms with Crippen molar-refractivity contribution in [3.8, 4) is 0 Å². The molecule has 0 N–H and O–H groups in total. The van der Waals surface area contributed by atoms with E-state index < -0.39 is 0 Å². The van der Waals surface area contributed by atoms with Crippen LogP contribution in [-0.2, 0) is 0 Å². The molecule has 1 unspecified atom stereocenters. The molecule has 1 nitrogen and oxygen atoms in total. The van der Waals surface area contributed by atoms with E-state index in [-0.39, 0.29) is 5.38 Å². The number of alkyl halides is 1. The van der Waals surface area contributed by atoms with Crippen LogP contribution in [0.1, 0.15) is 16.5 Å². The van der Waals surface area contributed by atoms with Crippen LogP contribution in [-0.4, -0.2) is 0 Å². The Hall–Kier alpha value is -0.290. The molecule has 0 bridgehead atoms. The Labute approximate surface area is 130 Å². The summed E-state index contributed by atoms with van der Waals surface area (Å²) >= 11 is 15.2. The van der Waals surface area contributed by atoms with E-state index in [9.17, 15) is 0 Å². The van der Waals surface area contributed by atoms with Crippen molar-refractivity contribution in [2.75, 3.05) is 0 Å². The molecule has 2 heterocycles. The number of furan rings is 1. The van der Waals surface area contributed by atoms with Crippen molar-refractivity contribution in [3.05, 3.63) is 56.2 Å². The molecule has 0 aliphatic rings. The smallest absolute Gasteiger partial charge is 0.173 e. The first-order valence-electron chi connectivity index (χ1n) is 5.21. The second kappa shape index (κ2) is 5.00. The van der Waals surface area contributed by atoms with Crippen molar-refractivity contribution in [3.63, 3.8) is 0 Å². The number of halogens is 3. The zero-order valence-corrected chi connectivity index (χ0v) is 13.7. The van der Waals surface area contributed by atoms with Crippen LogP contribution in [0.4, 0.5) is 0 Å². The van der Waals surface area contributed by atoms with Crippen molar-refractivity contribution >= 4 is 64.9 Å². The quantitative estimate of drug-likeness (QED) is 0.452. The Morgan fingerprint density at radius 3 is 2.72 bits per heavy atom. The topological polar surface area (TPSA) is 13.1 Å². The van der Waals surface area contributed by atoms with Crippen molar-refractivity contribution < 1.29 is 4.42 Å². The minimum Gasteiger partial charge on any atom is -0.457 e. The van der Waals surface area contributed by atoms with Gasteiger partial charge in [-0.2, -0.15) is 0 Å². The summed E-state index contributed by atoms with van der Waals surface area (Å²) < 4.78 is 8.26. The van der Waals surface area contributed by atoms with E-state index in [0.29, 0.717) is 4.67 Å². The third kappa shape index (κ3) is 2.05. The standard InChI is InChI=1S/C13H7Br2ClOS/c14-10-3-1-2-7-9(6-18-12(7)10)11(16)8-4-5-17-13(8)15/h1-6,11H. The molecule has 0 fully saturated rings. The van der Waals surface area contributed by atoms with E-state index in [0.717, 1.165) is 15.6 Å². The van der Waals surface area contributed by atoms with Gasteiger partial charge in [-0.25, -0.2) is 0 Å². The summed E-state index contributed by atoms with van der Waals surface area (Å²) in [6, 6.07) is 8.05. The molecular weight excluding hydrogens is 399 g/mol. The van der Waals surface area contributed by atoms with Gasteiger partial charge in [-0.1, -0.05) is 12.1 Å². The molecule has 18 heavy (non-hydrogen) atoms. The second-order valence-electron chi connectivity index (χ2n) is 3.82. The predicted molar refractivity (Wildman–Crippen MR) is 83.6 cm³/mol. The van der Waals surface area contributed by atoms with Crippen molar-refractivity contribution in [2.45, 2.75) is 5.38 Å². The van der Waals surface area contributed by atoms with Crippen LogP contribution in [0.3, 0.4) is 0 Å². The Kier molecular flexibility index (Phi) is 3.54. The molecule has 2 aromatic heterocycles. The average molecular weight is 407 g/mol. The molecule has 0 aliphatic carbocycles. The van der Waals surface area contributed by atoms with E-state index in [4.69, 9.17) is 16.0 Å². The van der Waals surface area contributed by atoms with Crippen LogP contribution in [0.25, 0.3) is 10.1 Å². The van der Waals surface area contributed by atoms with Gasteiger partial charge < -0.3 is 4.42 Å². The maximum Gasteiger partial charge on any atom is 0.173 e. The summed E-state index contributed by atoms with van der Waals surface area (Å²) in [5.41, 5.74) is 2.07. The summed E-state index contributed by atoms with van der Waals surface area (Å²) in [5, 5.41) is 3.08. The lowest BCUT2D eigenvalue weighted by atomic mass is 10.1. The number of hydrogen-bond donors (Lipinski definition) is 0. The maximum absolute atomic E-state index is 6.55. The molecule has 1 aromatic carbocycles. The van der Waals surface area contributed by atoms with Crippen molar-refractivity contribution in [1.82, 2.24) is 0 Å². The summed E-state index contributed by atoms with van der Waals surface area (Å²) in [6.45, 7) is 0. The van der Waals surface area contributed by atoms with Gasteiger partial charge in [0, 0.05) is 14.7 Å². The molecule has 3 rings (SSSR count). The average Bonchev–Trinajstić information content (AvgIpc) is 2.95. The fraction of sp³-hybridized carbons (Fsp3) is 0.0769. The van der Waals surface area contributed by atoms with Crippen LogP contribution >= 0.6 is 54.8 Å². The highest BCUT2D eigenvalue weighted by molar-refractivity contribution is 9.10. The highest BCUT2D eigenvalue weighted by Gasteiger charge is 2.20. The summed E-state index contributed by atoms with van der Waals surface area (Å²) in [6.07, 6.45) is 1.64. The van der Waals surface area contributed by atoms with Gasteiger partial charge in [0.15, 0.2) is 4.67 Å². The molecule has 92 valence electrons. The Morgan fingerprint density at radius 2 is 2.00 bits per heavy atom. The Balaban J connectivity index is 2.16. The molecule has 0 aliphatic heterocycles. The third-order valence-corrected chi connectivity index (χ3v) is 5.86. The highest BCUT2D eigenvalue weighted by atomic mass is 79.9. The van der Waals surface area contributed by atoms with Gasteiger partial charge in [0.1, 0.15) is 0 Å². The van der Waals surface area contributed by atoms with Crippen LogP contribution in [0.2, 0.25) is 0 Å². The molecule has 3 aromatic rings. The monoisotopic (exact) mass is 404 g/mol. The largest absolute Gasteiger partial charge is 0.457 e. The molecule has 1 atom stereocenters. The molecule has 0 spiro atoms. The molecule has 5 heteroatoms. The van der Waals surface area contributed by atoms with E-state index in [1.807, 2.05) is 18.2 Å².